The summed E-state index contributed by atoms with van der Waals surface area (Å²) in [6.07, 6.45) is 3.91. The lowest BCUT2D eigenvalue weighted by Gasteiger charge is -2.12. The average Bonchev–Trinajstić information content (AvgIpc) is 2.28. The molecule has 18 heavy (non-hydrogen) atoms. The average molecular weight is 249 g/mol. The number of hydrogen-bond acceptors (Lipinski definition) is 3. The Kier molecular flexibility index (Phi) is 4.89. The molecule has 0 radical (unpaired) electrons. The van der Waals surface area contributed by atoms with Gasteiger partial charge in [-0.05, 0) is 31.4 Å². The van der Waals surface area contributed by atoms with Crippen LogP contribution in [0.5, 0.6) is 0 Å². The first-order chi connectivity index (χ1) is 8.49. The Balaban J connectivity index is 3.15. The van der Waals surface area contributed by atoms with E-state index in [0.29, 0.717) is 5.56 Å². The number of carboxylic acids is 1. The van der Waals surface area contributed by atoms with Gasteiger partial charge in [0.25, 0.3) is 0 Å². The molecular weight excluding hydrogens is 230 g/mol. The second kappa shape index (κ2) is 6.19. The molecular formula is C14H19NO3. The third-order valence-corrected chi connectivity index (χ3v) is 2.96. The van der Waals surface area contributed by atoms with Gasteiger partial charge in [-0.2, -0.15) is 0 Å². The van der Waals surface area contributed by atoms with Gasteiger partial charge in [-0.3, -0.25) is 4.79 Å². The lowest BCUT2D eigenvalue weighted by molar-refractivity contribution is 0.0698. The number of carbonyl (C=O) groups excluding carboxylic acids is 1. The fraction of sp³-hybridized carbons (Fsp3) is 0.429. The quantitative estimate of drug-likeness (QED) is 0.461. The van der Waals surface area contributed by atoms with E-state index in [0.717, 1.165) is 31.2 Å². The molecule has 0 aliphatic rings. The van der Waals surface area contributed by atoms with Crippen LogP contribution in [0.4, 0.5) is 5.69 Å². The molecule has 0 spiro atoms. The second-order valence-corrected chi connectivity index (χ2v) is 4.38. The number of aromatic carboxylic acids is 1. The summed E-state index contributed by atoms with van der Waals surface area (Å²) in [6, 6.07) is 3.18. The summed E-state index contributed by atoms with van der Waals surface area (Å²) in [7, 11) is 0. The minimum absolute atomic E-state index is 0.000517. The Bertz CT molecular complexity index is 466. The van der Waals surface area contributed by atoms with Crippen LogP contribution in [0.2, 0.25) is 0 Å². The number of nitrogen functional groups attached to an aromatic ring is 1. The SMILES string of the molecule is CCCCCc1ccc(C(=O)O)c(N)c1C(C)=O. The normalized spacial score (nSPS) is 10.3. The predicted molar refractivity (Wildman–Crippen MR) is 71.0 cm³/mol. The highest BCUT2D eigenvalue weighted by Crippen LogP contribution is 2.24. The van der Waals surface area contributed by atoms with E-state index in [1.807, 2.05) is 0 Å². The number of unbranched alkanes of at least 4 members (excludes halogenated alkanes) is 2. The minimum atomic E-state index is -1.10. The zero-order valence-corrected chi connectivity index (χ0v) is 10.8. The van der Waals surface area contributed by atoms with E-state index in [2.05, 4.69) is 6.92 Å². The fourth-order valence-electron chi connectivity index (χ4n) is 2.04. The van der Waals surface area contributed by atoms with Gasteiger partial charge in [0.2, 0.25) is 0 Å². The highest BCUT2D eigenvalue weighted by atomic mass is 16.4. The van der Waals surface area contributed by atoms with Crippen LogP contribution in [0, 0.1) is 0 Å². The van der Waals surface area contributed by atoms with E-state index in [9.17, 15) is 9.59 Å². The van der Waals surface area contributed by atoms with Gasteiger partial charge < -0.3 is 10.8 Å². The van der Waals surface area contributed by atoms with Crippen molar-refractivity contribution in [1.82, 2.24) is 0 Å². The van der Waals surface area contributed by atoms with Crippen molar-refractivity contribution in [3.05, 3.63) is 28.8 Å². The second-order valence-electron chi connectivity index (χ2n) is 4.38. The van der Waals surface area contributed by atoms with Gasteiger partial charge in [0.05, 0.1) is 11.3 Å². The van der Waals surface area contributed by atoms with Crippen LogP contribution in [0.3, 0.4) is 0 Å². The molecule has 0 aliphatic carbocycles. The Morgan fingerprint density at radius 3 is 2.44 bits per heavy atom. The van der Waals surface area contributed by atoms with E-state index in [4.69, 9.17) is 10.8 Å². The van der Waals surface area contributed by atoms with Crippen LogP contribution < -0.4 is 5.73 Å². The summed E-state index contributed by atoms with van der Waals surface area (Å²) in [6.45, 7) is 3.52. The molecule has 0 fully saturated rings. The van der Waals surface area contributed by atoms with E-state index in [1.165, 1.54) is 13.0 Å². The number of nitrogens with two attached hydrogens (primary N) is 1. The summed E-state index contributed by atoms with van der Waals surface area (Å²) < 4.78 is 0. The predicted octanol–water partition coefficient (Wildman–Crippen LogP) is 2.90. The fourth-order valence-corrected chi connectivity index (χ4v) is 2.04. The third-order valence-electron chi connectivity index (χ3n) is 2.96. The minimum Gasteiger partial charge on any atom is -0.478 e. The number of rotatable bonds is 6. The molecule has 0 aliphatic heterocycles. The van der Waals surface area contributed by atoms with E-state index in [1.54, 1.807) is 6.07 Å². The zero-order chi connectivity index (χ0) is 13.7. The van der Waals surface area contributed by atoms with Crippen LogP contribution in [-0.4, -0.2) is 16.9 Å². The van der Waals surface area contributed by atoms with Crippen LogP contribution in [-0.2, 0) is 6.42 Å². The lowest BCUT2D eigenvalue weighted by atomic mass is 9.94. The smallest absolute Gasteiger partial charge is 0.337 e. The Labute approximate surface area is 107 Å². The molecule has 3 N–H and O–H groups in total. The maximum Gasteiger partial charge on any atom is 0.337 e. The van der Waals surface area contributed by atoms with Crippen LogP contribution in [0.1, 0.15) is 59.4 Å². The molecule has 1 rings (SSSR count). The van der Waals surface area contributed by atoms with Crippen molar-refractivity contribution in [1.29, 1.82) is 0 Å². The van der Waals surface area contributed by atoms with Crippen molar-refractivity contribution in [3.8, 4) is 0 Å². The van der Waals surface area contributed by atoms with Crippen LogP contribution >= 0.6 is 0 Å². The van der Waals surface area contributed by atoms with Gasteiger partial charge in [0.1, 0.15) is 0 Å². The van der Waals surface area contributed by atoms with Gasteiger partial charge in [0, 0.05) is 5.56 Å². The number of ketones is 1. The molecule has 0 saturated carbocycles. The van der Waals surface area contributed by atoms with Crippen LogP contribution in [0.25, 0.3) is 0 Å². The lowest BCUT2D eigenvalue weighted by Crippen LogP contribution is -2.11. The molecule has 98 valence electrons. The maximum atomic E-state index is 11.6. The zero-order valence-electron chi connectivity index (χ0n) is 10.8. The highest BCUT2D eigenvalue weighted by Gasteiger charge is 2.17. The monoisotopic (exact) mass is 249 g/mol. The van der Waals surface area contributed by atoms with Crippen molar-refractivity contribution in [2.24, 2.45) is 0 Å². The van der Waals surface area contributed by atoms with Crippen molar-refractivity contribution in [3.63, 3.8) is 0 Å². The molecule has 1 aromatic carbocycles. The number of Topliss-reactive ketones (excluding diaryl/α,β-unsaturated/α-hetero) is 1. The molecule has 4 nitrogen and oxygen atoms in total. The van der Waals surface area contributed by atoms with Gasteiger partial charge in [-0.1, -0.05) is 25.8 Å². The van der Waals surface area contributed by atoms with Crippen molar-refractivity contribution in [2.45, 2.75) is 39.5 Å². The van der Waals surface area contributed by atoms with Gasteiger partial charge in [-0.25, -0.2) is 4.79 Å². The standard InChI is InChI=1S/C14H19NO3/c1-3-4-5-6-10-7-8-11(14(17)18)13(15)12(10)9(2)16/h7-8H,3-6,15H2,1-2H3,(H,17,18). The van der Waals surface area contributed by atoms with E-state index in [-0.39, 0.29) is 17.0 Å². The van der Waals surface area contributed by atoms with Crippen molar-refractivity contribution >= 4 is 17.4 Å². The number of benzene rings is 1. The number of anilines is 1. The summed E-state index contributed by atoms with van der Waals surface area (Å²) >= 11 is 0. The molecule has 0 amide bonds. The molecule has 0 saturated heterocycles. The first kappa shape index (κ1) is 14.2. The van der Waals surface area contributed by atoms with E-state index < -0.39 is 5.97 Å². The molecule has 0 aromatic heterocycles. The molecule has 0 bridgehead atoms. The molecule has 0 unspecified atom stereocenters. The summed E-state index contributed by atoms with van der Waals surface area (Å²) in [5.41, 5.74) is 7.09. The number of aryl methyl sites for hydroxylation is 1. The Hall–Kier alpha value is -1.84. The molecule has 4 heteroatoms. The van der Waals surface area contributed by atoms with Gasteiger partial charge >= 0.3 is 5.97 Å². The molecule has 0 atom stereocenters. The number of hydrogen-bond donors (Lipinski definition) is 2. The summed E-state index contributed by atoms with van der Waals surface area (Å²) in [4.78, 5) is 22.6. The largest absolute Gasteiger partial charge is 0.478 e. The third kappa shape index (κ3) is 3.09. The molecule has 0 heterocycles. The van der Waals surface area contributed by atoms with Crippen molar-refractivity contribution in [2.75, 3.05) is 5.73 Å². The summed E-state index contributed by atoms with van der Waals surface area (Å²) in [5, 5.41) is 8.99. The molecule has 1 aromatic rings. The highest BCUT2D eigenvalue weighted by molar-refractivity contribution is 6.06. The number of carbonyl (C=O) groups is 2. The maximum absolute atomic E-state index is 11.6. The summed E-state index contributed by atoms with van der Waals surface area (Å²) in [5.74, 6) is -1.28. The van der Waals surface area contributed by atoms with E-state index >= 15 is 0 Å². The number of carboxylic acid groups (broad SMARTS) is 1. The van der Waals surface area contributed by atoms with Crippen molar-refractivity contribution < 1.29 is 14.7 Å². The first-order valence-electron chi connectivity index (χ1n) is 6.14. The first-order valence-corrected chi connectivity index (χ1v) is 6.14. The Morgan fingerprint density at radius 1 is 1.28 bits per heavy atom. The Morgan fingerprint density at radius 2 is 1.94 bits per heavy atom. The van der Waals surface area contributed by atoms with Crippen LogP contribution in [0.15, 0.2) is 12.1 Å². The van der Waals surface area contributed by atoms with Gasteiger partial charge in [-0.15, -0.1) is 0 Å². The topological polar surface area (TPSA) is 80.4 Å². The van der Waals surface area contributed by atoms with Gasteiger partial charge in [0.15, 0.2) is 5.78 Å².